The molecular formula is C7H7F4N. The van der Waals surface area contributed by atoms with E-state index in [1.54, 1.807) is 0 Å². The molecule has 1 nitrogen and oxygen atoms in total. The number of rotatable bonds is 0. The molecule has 1 unspecified atom stereocenters. The summed E-state index contributed by atoms with van der Waals surface area (Å²) in [5.74, 6) is 0. The first kappa shape index (κ1) is 9.09. The predicted molar refractivity (Wildman–Crippen MR) is 35.9 cm³/mol. The quantitative estimate of drug-likeness (QED) is 0.568. The highest BCUT2D eigenvalue weighted by Gasteiger charge is 2.39. The zero-order valence-electron chi connectivity index (χ0n) is 6.03. The van der Waals surface area contributed by atoms with Gasteiger partial charge in [0.15, 0.2) is 0 Å². The van der Waals surface area contributed by atoms with Crippen LogP contribution in [0.4, 0.5) is 17.6 Å². The van der Waals surface area contributed by atoms with E-state index in [1.165, 1.54) is 0 Å². The first-order valence-electron chi connectivity index (χ1n) is 3.29. The number of alkyl halides is 4. The average Bonchev–Trinajstić information content (AvgIpc) is 1.83. The van der Waals surface area contributed by atoms with Gasteiger partial charge in [-0.05, 0) is 12.2 Å². The maximum absolute atomic E-state index is 12.7. The zero-order chi connectivity index (χ0) is 9.35. The van der Waals surface area contributed by atoms with Crippen molar-refractivity contribution in [2.24, 2.45) is 5.73 Å². The van der Waals surface area contributed by atoms with Crippen molar-refractivity contribution in [3.63, 3.8) is 0 Å². The van der Waals surface area contributed by atoms with E-state index in [0.29, 0.717) is 6.08 Å². The summed E-state index contributed by atoms with van der Waals surface area (Å²) < 4.78 is 48.5. The Bertz CT molecular complexity index is 238. The van der Waals surface area contributed by atoms with Crippen LogP contribution in [0.2, 0.25) is 0 Å². The van der Waals surface area contributed by atoms with E-state index < -0.39 is 17.9 Å². The highest BCUT2D eigenvalue weighted by molar-refractivity contribution is 5.29. The fourth-order valence-electron chi connectivity index (χ4n) is 0.958. The molecule has 0 bridgehead atoms. The minimum Gasteiger partial charge on any atom is -0.402 e. The van der Waals surface area contributed by atoms with E-state index in [4.69, 9.17) is 5.73 Å². The number of allylic oxidation sites excluding steroid dienone is 4. The molecule has 5 heteroatoms. The third-order valence-corrected chi connectivity index (χ3v) is 1.56. The molecular weight excluding hydrogens is 174 g/mol. The van der Waals surface area contributed by atoms with E-state index in [-0.39, 0.29) is 12.1 Å². The van der Waals surface area contributed by atoms with Crippen molar-refractivity contribution in [3.8, 4) is 0 Å². The Morgan fingerprint density at radius 2 is 1.92 bits per heavy atom. The van der Waals surface area contributed by atoms with Gasteiger partial charge in [-0.25, -0.2) is 4.39 Å². The number of halogens is 4. The van der Waals surface area contributed by atoms with E-state index in [2.05, 4.69) is 0 Å². The topological polar surface area (TPSA) is 26.0 Å². The van der Waals surface area contributed by atoms with Gasteiger partial charge in [-0.2, -0.15) is 13.2 Å². The van der Waals surface area contributed by atoms with Gasteiger partial charge in [-0.3, -0.25) is 0 Å². The van der Waals surface area contributed by atoms with Crippen LogP contribution < -0.4 is 5.73 Å². The third-order valence-electron chi connectivity index (χ3n) is 1.56. The molecule has 1 aliphatic rings. The molecule has 0 aromatic carbocycles. The minimum atomic E-state index is -4.59. The zero-order valence-corrected chi connectivity index (χ0v) is 6.03. The minimum absolute atomic E-state index is 0.135. The highest BCUT2D eigenvalue weighted by Crippen LogP contribution is 2.33. The van der Waals surface area contributed by atoms with Gasteiger partial charge in [-0.15, -0.1) is 0 Å². The first-order chi connectivity index (χ1) is 5.41. The third kappa shape index (κ3) is 1.78. The lowest BCUT2D eigenvalue weighted by molar-refractivity contribution is -0.100. The lowest BCUT2D eigenvalue weighted by Gasteiger charge is -2.18. The van der Waals surface area contributed by atoms with E-state index in [1.807, 2.05) is 0 Å². The van der Waals surface area contributed by atoms with Gasteiger partial charge >= 0.3 is 6.18 Å². The summed E-state index contributed by atoms with van der Waals surface area (Å²) in [4.78, 5) is 0. The summed E-state index contributed by atoms with van der Waals surface area (Å²) in [6, 6.07) is 0. The maximum atomic E-state index is 12.7. The predicted octanol–water partition coefficient (Wildman–Crippen LogP) is 2.06. The van der Waals surface area contributed by atoms with Crippen LogP contribution in [0, 0.1) is 0 Å². The standard InChI is InChI=1S/C7H7F4N/c8-6-3-4(12)1-2-5(6)7(9,10)11/h1-2,6H,3,12H2. The highest BCUT2D eigenvalue weighted by atomic mass is 19.4. The summed E-state index contributed by atoms with van der Waals surface area (Å²) >= 11 is 0. The molecule has 1 rings (SSSR count). The molecule has 0 fully saturated rings. The largest absolute Gasteiger partial charge is 0.415 e. The van der Waals surface area contributed by atoms with E-state index >= 15 is 0 Å². The lowest BCUT2D eigenvalue weighted by atomic mass is 10.0. The van der Waals surface area contributed by atoms with Crippen molar-refractivity contribution >= 4 is 0 Å². The molecule has 0 aromatic rings. The van der Waals surface area contributed by atoms with Crippen LogP contribution in [0.15, 0.2) is 23.4 Å². The van der Waals surface area contributed by atoms with Gasteiger partial charge in [-0.1, -0.05) is 0 Å². The molecule has 0 saturated carbocycles. The molecule has 0 heterocycles. The normalized spacial score (nSPS) is 24.8. The molecule has 0 spiro atoms. The van der Waals surface area contributed by atoms with Crippen LogP contribution >= 0.6 is 0 Å². The Kier molecular flexibility index (Phi) is 2.12. The summed E-state index contributed by atoms with van der Waals surface area (Å²) in [6.45, 7) is 0. The van der Waals surface area contributed by atoms with Crippen LogP contribution in [-0.2, 0) is 0 Å². The van der Waals surface area contributed by atoms with Crippen molar-refractivity contribution in [2.75, 3.05) is 0 Å². The fourth-order valence-corrected chi connectivity index (χ4v) is 0.958. The van der Waals surface area contributed by atoms with Gasteiger partial charge in [0.2, 0.25) is 0 Å². The monoisotopic (exact) mass is 181 g/mol. The van der Waals surface area contributed by atoms with E-state index in [9.17, 15) is 17.6 Å². The van der Waals surface area contributed by atoms with Crippen molar-refractivity contribution in [1.82, 2.24) is 0 Å². The second kappa shape index (κ2) is 2.80. The van der Waals surface area contributed by atoms with Crippen molar-refractivity contribution < 1.29 is 17.6 Å². The van der Waals surface area contributed by atoms with Crippen LogP contribution in [0.1, 0.15) is 6.42 Å². The Hall–Kier alpha value is -1.00. The van der Waals surface area contributed by atoms with Crippen molar-refractivity contribution in [1.29, 1.82) is 0 Å². The summed E-state index contributed by atoms with van der Waals surface area (Å²) in [7, 11) is 0. The number of nitrogens with two attached hydrogens (primary N) is 1. The molecule has 12 heavy (non-hydrogen) atoms. The smallest absolute Gasteiger partial charge is 0.402 e. The fraction of sp³-hybridized carbons (Fsp3) is 0.429. The number of hydrogen-bond acceptors (Lipinski definition) is 1. The van der Waals surface area contributed by atoms with Gasteiger partial charge in [0, 0.05) is 12.1 Å². The van der Waals surface area contributed by atoms with Crippen LogP contribution in [0.3, 0.4) is 0 Å². The summed E-state index contributed by atoms with van der Waals surface area (Å²) in [5.41, 5.74) is 4.12. The Labute approximate surface area is 66.5 Å². The molecule has 0 amide bonds. The Morgan fingerprint density at radius 3 is 2.33 bits per heavy atom. The van der Waals surface area contributed by atoms with Crippen molar-refractivity contribution in [3.05, 3.63) is 23.4 Å². The Balaban J connectivity index is 2.91. The molecule has 1 aliphatic carbocycles. The molecule has 0 aliphatic heterocycles. The number of hydrogen-bond donors (Lipinski definition) is 1. The maximum Gasteiger partial charge on any atom is 0.415 e. The molecule has 0 saturated heterocycles. The van der Waals surface area contributed by atoms with Crippen LogP contribution in [0.25, 0.3) is 0 Å². The van der Waals surface area contributed by atoms with Gasteiger partial charge < -0.3 is 5.73 Å². The molecule has 1 atom stereocenters. The molecule has 2 N–H and O–H groups in total. The summed E-state index contributed by atoms with van der Waals surface area (Å²) in [6.07, 6.45) is -5.21. The first-order valence-corrected chi connectivity index (χ1v) is 3.29. The summed E-state index contributed by atoms with van der Waals surface area (Å²) in [5, 5.41) is 0. The van der Waals surface area contributed by atoms with E-state index in [0.717, 1.165) is 6.08 Å². The van der Waals surface area contributed by atoms with Crippen LogP contribution in [0.5, 0.6) is 0 Å². The lowest BCUT2D eigenvalue weighted by Crippen LogP contribution is -2.24. The average molecular weight is 181 g/mol. The van der Waals surface area contributed by atoms with Crippen LogP contribution in [-0.4, -0.2) is 12.3 Å². The SMILES string of the molecule is NC1=CC=C(C(F)(F)F)C(F)C1. The van der Waals surface area contributed by atoms with Gasteiger partial charge in [0.05, 0.1) is 5.57 Å². The Morgan fingerprint density at radius 1 is 1.33 bits per heavy atom. The second-order valence-corrected chi connectivity index (χ2v) is 2.53. The second-order valence-electron chi connectivity index (χ2n) is 2.53. The van der Waals surface area contributed by atoms with Gasteiger partial charge in [0.1, 0.15) is 6.17 Å². The van der Waals surface area contributed by atoms with Gasteiger partial charge in [0.25, 0.3) is 0 Å². The molecule has 68 valence electrons. The molecule has 0 radical (unpaired) electrons. The molecule has 0 aromatic heterocycles. The van der Waals surface area contributed by atoms with Crippen molar-refractivity contribution in [2.45, 2.75) is 18.8 Å².